The second-order valence-electron chi connectivity index (χ2n) is 14.5. The van der Waals surface area contributed by atoms with Gasteiger partial charge in [-0.3, -0.25) is 14.4 Å². The third-order valence-electron chi connectivity index (χ3n) is 8.75. The Morgan fingerprint density at radius 3 is 2.23 bits per heavy atom. The van der Waals surface area contributed by atoms with E-state index in [4.69, 9.17) is 14.2 Å². The number of esters is 1. The Balaban J connectivity index is 1.67. The minimum absolute atomic E-state index is 0.0188. The van der Waals surface area contributed by atoms with E-state index in [1.807, 2.05) is 51.1 Å². The molecule has 0 radical (unpaired) electrons. The maximum atomic E-state index is 13.8. The second kappa shape index (κ2) is 18.6. The number of hydrogen-bond acceptors (Lipinski definition) is 8. The van der Waals surface area contributed by atoms with Crippen LogP contribution in [0.15, 0.2) is 30.3 Å². The summed E-state index contributed by atoms with van der Waals surface area (Å²) in [5, 5.41) is 11.3. The summed E-state index contributed by atoms with van der Waals surface area (Å²) in [6.45, 7) is 11.0. The molecule has 0 aromatic heterocycles. The molecule has 1 aliphatic carbocycles. The van der Waals surface area contributed by atoms with Gasteiger partial charge in [0.25, 0.3) is 0 Å². The summed E-state index contributed by atoms with van der Waals surface area (Å²) >= 11 is 0. The predicted molar refractivity (Wildman–Crippen MR) is 181 cm³/mol. The van der Waals surface area contributed by atoms with Gasteiger partial charge in [0.05, 0.1) is 12.0 Å². The zero-order valence-corrected chi connectivity index (χ0v) is 29.5. The van der Waals surface area contributed by atoms with E-state index in [2.05, 4.69) is 21.3 Å². The third kappa shape index (κ3) is 13.4. The van der Waals surface area contributed by atoms with Crippen LogP contribution in [0.5, 0.6) is 0 Å². The molecule has 4 amide bonds. The molecule has 3 rings (SSSR count). The molecule has 1 aliphatic heterocycles. The SMILES string of the molecule is CC(C)[C@H](NC(=O)[C@H](CCCNC(=O)OC(C)(C)C)NC(=O)OCc1ccccc1)C(=O)N[C@@H](CC1CCCCC1)[C@@H]1C[C@@H](C)C(=O)O1. The highest BCUT2D eigenvalue weighted by molar-refractivity contribution is 5.91. The third-order valence-corrected chi connectivity index (χ3v) is 8.75. The first-order chi connectivity index (χ1) is 22.7. The number of benzene rings is 1. The van der Waals surface area contributed by atoms with E-state index >= 15 is 0 Å². The molecule has 268 valence electrons. The van der Waals surface area contributed by atoms with Gasteiger partial charge in [-0.15, -0.1) is 0 Å². The summed E-state index contributed by atoms with van der Waals surface area (Å²) in [7, 11) is 0. The van der Waals surface area contributed by atoms with Gasteiger partial charge in [0.2, 0.25) is 11.8 Å². The van der Waals surface area contributed by atoms with Crippen molar-refractivity contribution in [2.45, 2.75) is 136 Å². The highest BCUT2D eigenvalue weighted by atomic mass is 16.6. The number of rotatable bonds is 15. The van der Waals surface area contributed by atoms with E-state index in [1.165, 1.54) is 6.42 Å². The summed E-state index contributed by atoms with van der Waals surface area (Å²) in [5.41, 5.74) is 0.132. The van der Waals surface area contributed by atoms with E-state index in [-0.39, 0.29) is 49.3 Å². The van der Waals surface area contributed by atoms with Gasteiger partial charge in [0.15, 0.2) is 0 Å². The standard InChI is InChI=1S/C36H56N4O8/c1-23(2)30(32(42)38-28(21-25-14-9-7-10-15-25)29-20-24(3)33(43)47-29)40-31(41)27(18-13-19-37-34(44)48-36(4,5)6)39-35(45)46-22-26-16-11-8-12-17-26/h8,11-12,16-17,23-25,27-30H,7,9-10,13-15,18-22H2,1-6H3,(H,37,44)(H,38,42)(H,39,45)(H,40,41)/t24-,27+,28+,29+,30+/m1/s1. The Bertz CT molecular complexity index is 1210. The number of nitrogens with one attached hydrogen (secondary N) is 4. The van der Waals surface area contributed by atoms with Gasteiger partial charge in [0.1, 0.15) is 30.4 Å². The molecule has 5 atom stereocenters. The molecule has 0 unspecified atom stereocenters. The first-order valence-corrected chi connectivity index (χ1v) is 17.5. The highest BCUT2D eigenvalue weighted by Crippen LogP contribution is 2.32. The zero-order valence-electron chi connectivity index (χ0n) is 29.5. The number of carbonyl (C=O) groups excluding carboxylic acids is 5. The van der Waals surface area contributed by atoms with Gasteiger partial charge >= 0.3 is 18.2 Å². The molecular weight excluding hydrogens is 616 g/mol. The van der Waals surface area contributed by atoms with Crippen LogP contribution in [-0.2, 0) is 35.2 Å². The van der Waals surface area contributed by atoms with Crippen LogP contribution < -0.4 is 21.3 Å². The van der Waals surface area contributed by atoms with Crippen molar-refractivity contribution in [1.82, 2.24) is 21.3 Å². The Labute approximate surface area is 285 Å². The molecule has 12 nitrogen and oxygen atoms in total. The van der Waals surface area contributed by atoms with Crippen molar-refractivity contribution in [3.05, 3.63) is 35.9 Å². The lowest BCUT2D eigenvalue weighted by molar-refractivity contribution is -0.146. The van der Waals surface area contributed by atoms with Crippen LogP contribution >= 0.6 is 0 Å². The van der Waals surface area contributed by atoms with Crippen LogP contribution in [-0.4, -0.2) is 66.3 Å². The zero-order chi connectivity index (χ0) is 35.3. The van der Waals surface area contributed by atoms with Crippen LogP contribution in [0.1, 0.15) is 105 Å². The predicted octanol–water partition coefficient (Wildman–Crippen LogP) is 5.13. The molecular formula is C36H56N4O8. The number of amides is 4. The first kappa shape index (κ1) is 38.6. The summed E-state index contributed by atoms with van der Waals surface area (Å²) in [6.07, 6.45) is 5.59. The molecule has 1 saturated carbocycles. The Morgan fingerprint density at radius 2 is 1.62 bits per heavy atom. The molecule has 1 heterocycles. The quantitative estimate of drug-likeness (QED) is 0.113. The molecule has 1 saturated heterocycles. The van der Waals surface area contributed by atoms with E-state index in [0.717, 1.165) is 31.2 Å². The van der Waals surface area contributed by atoms with E-state index in [9.17, 15) is 24.0 Å². The largest absolute Gasteiger partial charge is 0.460 e. The van der Waals surface area contributed by atoms with Crippen molar-refractivity contribution < 1.29 is 38.2 Å². The van der Waals surface area contributed by atoms with Gasteiger partial charge in [-0.2, -0.15) is 0 Å². The molecule has 1 aromatic carbocycles. The van der Waals surface area contributed by atoms with Crippen molar-refractivity contribution in [3.63, 3.8) is 0 Å². The molecule has 1 aromatic rings. The van der Waals surface area contributed by atoms with Crippen LogP contribution in [0, 0.1) is 17.8 Å². The number of alkyl carbamates (subject to hydrolysis) is 2. The van der Waals surface area contributed by atoms with E-state index in [0.29, 0.717) is 25.2 Å². The monoisotopic (exact) mass is 672 g/mol. The van der Waals surface area contributed by atoms with Crippen molar-refractivity contribution >= 4 is 30.0 Å². The maximum Gasteiger partial charge on any atom is 0.408 e. The fourth-order valence-electron chi connectivity index (χ4n) is 6.14. The Morgan fingerprint density at radius 1 is 0.938 bits per heavy atom. The highest BCUT2D eigenvalue weighted by Gasteiger charge is 2.39. The van der Waals surface area contributed by atoms with Crippen LogP contribution in [0.25, 0.3) is 0 Å². The molecule has 0 bridgehead atoms. The summed E-state index contributed by atoms with van der Waals surface area (Å²) in [4.78, 5) is 64.7. The molecule has 2 fully saturated rings. The van der Waals surface area contributed by atoms with Gasteiger partial charge in [-0.25, -0.2) is 9.59 Å². The molecule has 12 heteroatoms. The minimum Gasteiger partial charge on any atom is -0.460 e. The fraction of sp³-hybridized carbons (Fsp3) is 0.694. The molecule has 4 N–H and O–H groups in total. The number of carbonyl (C=O) groups is 5. The fourth-order valence-corrected chi connectivity index (χ4v) is 6.14. The summed E-state index contributed by atoms with van der Waals surface area (Å²) in [6, 6.07) is 6.84. The van der Waals surface area contributed by atoms with Gasteiger partial charge in [-0.1, -0.05) is 83.2 Å². The topological polar surface area (TPSA) is 161 Å². The number of hydrogen-bond donors (Lipinski definition) is 4. The molecule has 48 heavy (non-hydrogen) atoms. The van der Waals surface area contributed by atoms with Crippen LogP contribution in [0.4, 0.5) is 9.59 Å². The minimum atomic E-state index is -1.04. The average molecular weight is 673 g/mol. The number of cyclic esters (lactones) is 1. The average Bonchev–Trinajstić information content (AvgIpc) is 3.37. The lowest BCUT2D eigenvalue weighted by Crippen LogP contribution is -2.58. The first-order valence-electron chi connectivity index (χ1n) is 17.5. The number of ether oxygens (including phenoxy) is 3. The molecule has 2 aliphatic rings. The van der Waals surface area contributed by atoms with Crippen molar-refractivity contribution in [3.8, 4) is 0 Å². The molecule has 0 spiro atoms. The van der Waals surface area contributed by atoms with Crippen molar-refractivity contribution in [2.24, 2.45) is 17.8 Å². The lowest BCUT2D eigenvalue weighted by atomic mass is 9.83. The lowest BCUT2D eigenvalue weighted by Gasteiger charge is -2.32. The summed E-state index contributed by atoms with van der Waals surface area (Å²) < 4.78 is 16.3. The van der Waals surface area contributed by atoms with Crippen LogP contribution in [0.3, 0.4) is 0 Å². The van der Waals surface area contributed by atoms with E-state index in [1.54, 1.807) is 20.8 Å². The van der Waals surface area contributed by atoms with Gasteiger partial charge in [0, 0.05) is 6.54 Å². The smallest absolute Gasteiger partial charge is 0.408 e. The van der Waals surface area contributed by atoms with E-state index < -0.39 is 41.9 Å². The Kier molecular flexibility index (Phi) is 15.0. The second-order valence-corrected chi connectivity index (χ2v) is 14.5. The van der Waals surface area contributed by atoms with Gasteiger partial charge in [-0.05, 0) is 63.9 Å². The van der Waals surface area contributed by atoms with Crippen LogP contribution in [0.2, 0.25) is 0 Å². The van der Waals surface area contributed by atoms with Crippen molar-refractivity contribution in [2.75, 3.05) is 6.54 Å². The normalized spacial score (nSPS) is 20.2. The maximum absolute atomic E-state index is 13.8. The van der Waals surface area contributed by atoms with Crippen molar-refractivity contribution in [1.29, 1.82) is 0 Å². The Hall–Kier alpha value is -3.83. The summed E-state index contributed by atoms with van der Waals surface area (Å²) in [5.74, 6) is -1.27. The van der Waals surface area contributed by atoms with Gasteiger partial charge < -0.3 is 35.5 Å².